The van der Waals surface area contributed by atoms with Gasteiger partial charge in [-0.05, 0) is 25.3 Å². The molecule has 0 spiro atoms. The molecule has 1 unspecified atom stereocenters. The number of piperidine rings is 1. The molecular weight excluding hydrogens is 310 g/mol. The SMILES string of the molecule is CC1=C(NC=O)SC(N2CCCCC2=O)N1Cc1ccccc1. The van der Waals surface area contributed by atoms with Gasteiger partial charge in [0.1, 0.15) is 0 Å². The number of nitrogens with zero attached hydrogens (tertiary/aromatic N) is 2. The average Bonchev–Trinajstić information content (AvgIpc) is 2.86. The Hall–Kier alpha value is -1.95. The second kappa shape index (κ2) is 7.08. The third kappa shape index (κ3) is 3.37. The summed E-state index contributed by atoms with van der Waals surface area (Å²) < 4.78 is 0. The molecule has 2 aliphatic rings. The second-order valence-electron chi connectivity index (χ2n) is 5.78. The quantitative estimate of drug-likeness (QED) is 0.842. The summed E-state index contributed by atoms with van der Waals surface area (Å²) in [6, 6.07) is 10.2. The van der Waals surface area contributed by atoms with Crippen LogP contribution in [-0.4, -0.2) is 34.2 Å². The first-order valence-corrected chi connectivity index (χ1v) is 8.76. The number of nitrogens with one attached hydrogen (secondary N) is 1. The maximum absolute atomic E-state index is 12.3. The van der Waals surface area contributed by atoms with Crippen LogP contribution in [0.4, 0.5) is 0 Å². The highest BCUT2D eigenvalue weighted by Gasteiger charge is 2.37. The first-order valence-electron chi connectivity index (χ1n) is 7.88. The molecule has 1 N–H and O–H groups in total. The van der Waals surface area contributed by atoms with Crippen molar-refractivity contribution in [3.05, 3.63) is 46.6 Å². The van der Waals surface area contributed by atoms with Crippen molar-refractivity contribution < 1.29 is 9.59 Å². The second-order valence-corrected chi connectivity index (χ2v) is 6.84. The zero-order valence-corrected chi connectivity index (χ0v) is 14.0. The van der Waals surface area contributed by atoms with Gasteiger partial charge >= 0.3 is 0 Å². The van der Waals surface area contributed by atoms with Crippen molar-refractivity contribution in [3.8, 4) is 0 Å². The van der Waals surface area contributed by atoms with Gasteiger partial charge < -0.3 is 15.1 Å². The van der Waals surface area contributed by atoms with Crippen molar-refractivity contribution in [2.75, 3.05) is 6.54 Å². The molecular formula is C17H21N3O2S. The molecule has 6 heteroatoms. The molecule has 0 aromatic heterocycles. The molecule has 122 valence electrons. The predicted octanol–water partition coefficient (Wildman–Crippen LogP) is 2.47. The molecule has 1 saturated heterocycles. The van der Waals surface area contributed by atoms with E-state index in [0.29, 0.717) is 12.8 Å². The van der Waals surface area contributed by atoms with E-state index < -0.39 is 0 Å². The fourth-order valence-corrected chi connectivity index (χ4v) is 4.34. The molecule has 1 fully saturated rings. The monoisotopic (exact) mass is 331 g/mol. The molecule has 5 nitrogen and oxygen atoms in total. The highest BCUT2D eigenvalue weighted by Crippen LogP contribution is 2.40. The Balaban J connectivity index is 1.85. The van der Waals surface area contributed by atoms with E-state index in [1.807, 2.05) is 30.0 Å². The third-order valence-corrected chi connectivity index (χ3v) is 5.63. The molecule has 0 bridgehead atoms. The number of carbonyl (C=O) groups excluding carboxylic acids is 2. The van der Waals surface area contributed by atoms with E-state index in [4.69, 9.17) is 0 Å². The highest BCUT2D eigenvalue weighted by atomic mass is 32.2. The molecule has 3 rings (SSSR count). The van der Waals surface area contributed by atoms with Gasteiger partial charge in [-0.2, -0.15) is 0 Å². The topological polar surface area (TPSA) is 52.7 Å². The summed E-state index contributed by atoms with van der Waals surface area (Å²) in [5.41, 5.74) is 2.12. The third-order valence-electron chi connectivity index (χ3n) is 4.26. The number of allylic oxidation sites excluding steroid dienone is 1. The van der Waals surface area contributed by atoms with Gasteiger partial charge in [0.05, 0.1) is 5.03 Å². The van der Waals surface area contributed by atoms with Crippen molar-refractivity contribution in [2.45, 2.75) is 38.2 Å². The molecule has 2 amide bonds. The first-order chi connectivity index (χ1) is 11.2. The van der Waals surface area contributed by atoms with Crippen LogP contribution in [0.15, 0.2) is 41.1 Å². The minimum absolute atomic E-state index is 0.0783. The number of hydrogen-bond acceptors (Lipinski definition) is 4. The number of hydrogen-bond donors (Lipinski definition) is 1. The van der Waals surface area contributed by atoms with Gasteiger partial charge in [0, 0.05) is 25.2 Å². The van der Waals surface area contributed by atoms with Crippen LogP contribution in [0, 0.1) is 0 Å². The predicted molar refractivity (Wildman–Crippen MR) is 90.8 cm³/mol. The van der Waals surface area contributed by atoms with Crippen LogP contribution in [0.5, 0.6) is 0 Å². The fraction of sp³-hybridized carbons (Fsp3) is 0.412. The van der Waals surface area contributed by atoms with E-state index in [1.165, 1.54) is 5.56 Å². The molecule has 0 saturated carbocycles. The lowest BCUT2D eigenvalue weighted by Crippen LogP contribution is -2.48. The van der Waals surface area contributed by atoms with Gasteiger partial charge in [0.15, 0.2) is 5.50 Å². The maximum Gasteiger partial charge on any atom is 0.224 e. The van der Waals surface area contributed by atoms with E-state index >= 15 is 0 Å². The van der Waals surface area contributed by atoms with Gasteiger partial charge in [-0.15, -0.1) is 0 Å². The number of likely N-dealkylation sites (tertiary alicyclic amines) is 1. The van der Waals surface area contributed by atoms with Crippen molar-refractivity contribution >= 4 is 24.1 Å². The molecule has 1 aromatic rings. The number of benzene rings is 1. The Morgan fingerprint density at radius 2 is 2.09 bits per heavy atom. The number of thioether (sulfide) groups is 1. The van der Waals surface area contributed by atoms with Crippen LogP contribution in [0.2, 0.25) is 0 Å². The lowest BCUT2D eigenvalue weighted by Gasteiger charge is -2.38. The number of rotatable bonds is 5. The Kier molecular flexibility index (Phi) is 4.91. The van der Waals surface area contributed by atoms with E-state index in [0.717, 1.165) is 36.7 Å². The first kappa shape index (κ1) is 15.9. The molecule has 0 aliphatic carbocycles. The van der Waals surface area contributed by atoms with Gasteiger partial charge in [-0.25, -0.2) is 0 Å². The van der Waals surface area contributed by atoms with Crippen LogP contribution < -0.4 is 5.32 Å². The van der Waals surface area contributed by atoms with E-state index in [9.17, 15) is 9.59 Å². The van der Waals surface area contributed by atoms with Crippen LogP contribution >= 0.6 is 11.8 Å². The average molecular weight is 331 g/mol. The van der Waals surface area contributed by atoms with Gasteiger partial charge in [0.25, 0.3) is 0 Å². The van der Waals surface area contributed by atoms with Crippen LogP contribution in [0.25, 0.3) is 0 Å². The lowest BCUT2D eigenvalue weighted by atomic mass is 10.1. The summed E-state index contributed by atoms with van der Waals surface area (Å²) in [5, 5.41) is 3.61. The van der Waals surface area contributed by atoms with Crippen LogP contribution in [0.1, 0.15) is 31.7 Å². The standard InChI is InChI=1S/C17H21N3O2S/c1-13-16(18-12-21)23-17(19-10-6-5-9-15(19)22)20(13)11-14-7-3-2-4-8-14/h2-4,7-8,12,17H,5-6,9-11H2,1H3,(H,18,21). The van der Waals surface area contributed by atoms with Gasteiger partial charge in [-0.3, -0.25) is 9.59 Å². The van der Waals surface area contributed by atoms with Crippen molar-refractivity contribution in [1.82, 2.24) is 15.1 Å². The number of carbonyl (C=O) groups is 2. The zero-order valence-electron chi connectivity index (χ0n) is 13.2. The Labute approximate surface area is 140 Å². The number of amides is 2. The van der Waals surface area contributed by atoms with E-state index in [2.05, 4.69) is 22.3 Å². The smallest absolute Gasteiger partial charge is 0.224 e. The molecule has 23 heavy (non-hydrogen) atoms. The largest absolute Gasteiger partial charge is 0.339 e. The Morgan fingerprint density at radius 3 is 2.78 bits per heavy atom. The summed E-state index contributed by atoms with van der Waals surface area (Å²) in [7, 11) is 0. The van der Waals surface area contributed by atoms with Gasteiger partial charge in [0.2, 0.25) is 12.3 Å². The summed E-state index contributed by atoms with van der Waals surface area (Å²) >= 11 is 1.55. The van der Waals surface area contributed by atoms with Crippen LogP contribution in [-0.2, 0) is 16.1 Å². The van der Waals surface area contributed by atoms with E-state index in [1.54, 1.807) is 11.8 Å². The van der Waals surface area contributed by atoms with Crippen molar-refractivity contribution in [2.24, 2.45) is 0 Å². The Bertz CT molecular complexity index is 618. The zero-order chi connectivity index (χ0) is 16.2. The molecule has 1 aromatic carbocycles. The van der Waals surface area contributed by atoms with E-state index in [-0.39, 0.29) is 11.4 Å². The maximum atomic E-state index is 12.3. The molecule has 1 atom stereocenters. The lowest BCUT2D eigenvalue weighted by molar-refractivity contribution is -0.136. The molecule has 0 radical (unpaired) electrons. The summed E-state index contributed by atoms with van der Waals surface area (Å²) in [6.07, 6.45) is 3.33. The van der Waals surface area contributed by atoms with Crippen molar-refractivity contribution in [1.29, 1.82) is 0 Å². The highest BCUT2D eigenvalue weighted by molar-refractivity contribution is 8.03. The minimum Gasteiger partial charge on any atom is -0.339 e. The van der Waals surface area contributed by atoms with Gasteiger partial charge in [-0.1, -0.05) is 42.1 Å². The summed E-state index contributed by atoms with van der Waals surface area (Å²) in [4.78, 5) is 27.3. The Morgan fingerprint density at radius 1 is 1.30 bits per heavy atom. The normalized spacial score (nSPS) is 21.8. The van der Waals surface area contributed by atoms with Crippen LogP contribution in [0.3, 0.4) is 0 Å². The summed E-state index contributed by atoms with van der Waals surface area (Å²) in [6.45, 7) is 3.50. The summed E-state index contributed by atoms with van der Waals surface area (Å²) in [5.74, 6) is 0.201. The molecule has 2 aliphatic heterocycles. The minimum atomic E-state index is -0.0783. The fourth-order valence-electron chi connectivity index (χ4n) is 3.01. The van der Waals surface area contributed by atoms with Crippen molar-refractivity contribution in [3.63, 3.8) is 0 Å². The molecule has 2 heterocycles.